The molecule has 2 N–H and O–H groups in total. The van der Waals surface area contributed by atoms with Gasteiger partial charge in [-0.15, -0.1) is 0 Å². The molecule has 1 saturated carbocycles. The Labute approximate surface area is 94.5 Å². The van der Waals surface area contributed by atoms with Gasteiger partial charge in [0.25, 0.3) is 0 Å². The lowest BCUT2D eigenvalue weighted by molar-refractivity contribution is 0.195. The molecule has 4 unspecified atom stereocenters. The van der Waals surface area contributed by atoms with Crippen LogP contribution in [0.4, 0.5) is 0 Å². The first kappa shape index (κ1) is 13.0. The molecule has 0 aromatic heterocycles. The first-order chi connectivity index (χ1) is 7.15. The molecule has 15 heavy (non-hydrogen) atoms. The lowest BCUT2D eigenvalue weighted by Gasteiger charge is -2.35. The van der Waals surface area contributed by atoms with Crippen LogP contribution in [-0.2, 0) is 0 Å². The summed E-state index contributed by atoms with van der Waals surface area (Å²) in [7, 11) is 0. The van der Waals surface area contributed by atoms with Gasteiger partial charge in [0.15, 0.2) is 0 Å². The summed E-state index contributed by atoms with van der Waals surface area (Å²) in [5.74, 6) is 2.27. The molecule has 0 aliphatic heterocycles. The van der Waals surface area contributed by atoms with Gasteiger partial charge in [0.2, 0.25) is 0 Å². The van der Waals surface area contributed by atoms with Crippen molar-refractivity contribution in [3.05, 3.63) is 0 Å². The van der Waals surface area contributed by atoms with Crippen molar-refractivity contribution in [3.63, 3.8) is 0 Å². The number of nitrogens with one attached hydrogen (secondary N) is 1. The fraction of sp³-hybridized carbons (Fsp3) is 1.00. The Morgan fingerprint density at radius 2 is 2.07 bits per heavy atom. The van der Waals surface area contributed by atoms with Crippen molar-refractivity contribution in [1.82, 2.24) is 5.32 Å². The minimum Gasteiger partial charge on any atom is -0.396 e. The van der Waals surface area contributed by atoms with Crippen molar-refractivity contribution in [2.24, 2.45) is 17.8 Å². The predicted octanol–water partition coefficient (Wildman–Crippen LogP) is 2.42. The van der Waals surface area contributed by atoms with E-state index in [1.165, 1.54) is 19.3 Å². The highest BCUT2D eigenvalue weighted by Gasteiger charge is 2.26. The molecule has 0 heterocycles. The van der Waals surface area contributed by atoms with Crippen molar-refractivity contribution < 1.29 is 5.11 Å². The van der Waals surface area contributed by atoms with Gasteiger partial charge in [-0.1, -0.05) is 33.6 Å². The third-order valence-corrected chi connectivity index (χ3v) is 4.06. The van der Waals surface area contributed by atoms with Crippen LogP contribution in [0.5, 0.6) is 0 Å². The van der Waals surface area contributed by atoms with Gasteiger partial charge in [0.1, 0.15) is 0 Å². The Hall–Kier alpha value is -0.0800. The zero-order chi connectivity index (χ0) is 11.3. The highest BCUT2D eigenvalue weighted by molar-refractivity contribution is 4.82. The van der Waals surface area contributed by atoms with Gasteiger partial charge in [-0.2, -0.15) is 0 Å². The average molecular weight is 213 g/mol. The molecule has 1 aliphatic carbocycles. The second-order valence-electron chi connectivity index (χ2n) is 5.40. The highest BCUT2D eigenvalue weighted by Crippen LogP contribution is 2.29. The largest absolute Gasteiger partial charge is 0.396 e. The molecule has 1 rings (SSSR count). The average Bonchev–Trinajstić information content (AvgIpc) is 2.21. The Kier molecular flexibility index (Phi) is 5.62. The Morgan fingerprint density at radius 1 is 1.33 bits per heavy atom. The summed E-state index contributed by atoms with van der Waals surface area (Å²) in [6, 6.07) is 0.704. The van der Waals surface area contributed by atoms with Crippen LogP contribution in [0.1, 0.15) is 46.5 Å². The molecular weight excluding hydrogens is 186 g/mol. The van der Waals surface area contributed by atoms with Crippen LogP contribution in [0.3, 0.4) is 0 Å². The van der Waals surface area contributed by atoms with Gasteiger partial charge >= 0.3 is 0 Å². The van der Waals surface area contributed by atoms with E-state index in [1.54, 1.807) is 0 Å². The van der Waals surface area contributed by atoms with Crippen LogP contribution in [0.25, 0.3) is 0 Å². The van der Waals surface area contributed by atoms with Crippen molar-refractivity contribution in [3.8, 4) is 0 Å². The second-order valence-corrected chi connectivity index (χ2v) is 5.40. The zero-order valence-corrected chi connectivity index (χ0v) is 10.5. The summed E-state index contributed by atoms with van der Waals surface area (Å²) in [6.45, 7) is 8.33. The van der Waals surface area contributed by atoms with Gasteiger partial charge in [0, 0.05) is 12.6 Å². The third-order valence-electron chi connectivity index (χ3n) is 4.06. The fourth-order valence-corrected chi connectivity index (χ4v) is 2.55. The van der Waals surface area contributed by atoms with Crippen LogP contribution >= 0.6 is 0 Å². The molecule has 1 fully saturated rings. The summed E-state index contributed by atoms with van der Waals surface area (Å²) in [6.07, 6.45) is 5.02. The van der Waals surface area contributed by atoms with Crippen LogP contribution in [0, 0.1) is 17.8 Å². The van der Waals surface area contributed by atoms with E-state index < -0.39 is 0 Å². The number of rotatable bonds is 5. The van der Waals surface area contributed by atoms with Crippen molar-refractivity contribution in [1.29, 1.82) is 0 Å². The van der Waals surface area contributed by atoms with E-state index in [9.17, 15) is 0 Å². The number of aliphatic hydroxyl groups excluding tert-OH is 1. The molecule has 0 amide bonds. The Balaban J connectivity index is 2.25. The highest BCUT2D eigenvalue weighted by atomic mass is 16.3. The predicted molar refractivity (Wildman–Crippen MR) is 64.8 cm³/mol. The van der Waals surface area contributed by atoms with Gasteiger partial charge < -0.3 is 10.4 Å². The summed E-state index contributed by atoms with van der Waals surface area (Å²) < 4.78 is 0. The number of hydrogen-bond acceptors (Lipinski definition) is 2. The van der Waals surface area contributed by atoms with E-state index in [-0.39, 0.29) is 0 Å². The molecule has 2 nitrogen and oxygen atoms in total. The Morgan fingerprint density at radius 3 is 2.73 bits per heavy atom. The molecule has 0 radical (unpaired) electrons. The molecular formula is C13H27NO. The van der Waals surface area contributed by atoms with E-state index in [2.05, 4.69) is 26.1 Å². The van der Waals surface area contributed by atoms with Crippen molar-refractivity contribution >= 4 is 0 Å². The molecule has 90 valence electrons. The Bertz CT molecular complexity index is 172. The monoisotopic (exact) mass is 213 g/mol. The van der Waals surface area contributed by atoms with Crippen LogP contribution < -0.4 is 5.32 Å². The molecule has 0 aromatic rings. The standard InChI is InChI=1S/C13H27NO/c1-10(7-8-15)9-14-13-6-4-5-11(2)12(13)3/h10-15H,4-9H2,1-3H3. The topological polar surface area (TPSA) is 32.3 Å². The zero-order valence-electron chi connectivity index (χ0n) is 10.5. The molecule has 0 bridgehead atoms. The lowest BCUT2D eigenvalue weighted by Crippen LogP contribution is -2.42. The maximum absolute atomic E-state index is 8.84. The van der Waals surface area contributed by atoms with Crippen molar-refractivity contribution in [2.45, 2.75) is 52.5 Å². The summed E-state index contributed by atoms with van der Waals surface area (Å²) in [4.78, 5) is 0. The first-order valence-electron chi connectivity index (χ1n) is 6.49. The summed E-state index contributed by atoms with van der Waals surface area (Å²) in [5.41, 5.74) is 0. The summed E-state index contributed by atoms with van der Waals surface area (Å²) >= 11 is 0. The molecule has 1 aliphatic rings. The molecule has 0 saturated heterocycles. The van der Waals surface area contributed by atoms with Gasteiger partial charge in [0.05, 0.1) is 0 Å². The minimum atomic E-state index is 0.319. The quantitative estimate of drug-likeness (QED) is 0.735. The van der Waals surface area contributed by atoms with Gasteiger partial charge in [-0.05, 0) is 37.1 Å². The van der Waals surface area contributed by atoms with E-state index in [0.29, 0.717) is 18.6 Å². The first-order valence-corrected chi connectivity index (χ1v) is 6.49. The SMILES string of the molecule is CC(CCO)CNC1CCCC(C)C1C. The van der Waals surface area contributed by atoms with E-state index in [4.69, 9.17) is 5.11 Å². The number of hydrogen-bond donors (Lipinski definition) is 2. The van der Waals surface area contributed by atoms with Gasteiger partial charge in [-0.3, -0.25) is 0 Å². The van der Waals surface area contributed by atoms with Crippen LogP contribution in [0.2, 0.25) is 0 Å². The number of aliphatic hydroxyl groups is 1. The van der Waals surface area contributed by atoms with Crippen molar-refractivity contribution in [2.75, 3.05) is 13.2 Å². The normalized spacial score (nSPS) is 34.0. The fourth-order valence-electron chi connectivity index (χ4n) is 2.55. The second kappa shape index (κ2) is 6.49. The maximum atomic E-state index is 8.84. The smallest absolute Gasteiger partial charge is 0.0434 e. The molecule has 0 spiro atoms. The minimum absolute atomic E-state index is 0.319. The van der Waals surface area contributed by atoms with Crippen LogP contribution in [-0.4, -0.2) is 24.3 Å². The van der Waals surface area contributed by atoms with E-state index in [1.807, 2.05) is 0 Å². The molecule has 2 heteroatoms. The molecule has 4 atom stereocenters. The molecule has 0 aromatic carbocycles. The van der Waals surface area contributed by atoms with E-state index in [0.717, 1.165) is 24.8 Å². The maximum Gasteiger partial charge on any atom is 0.0434 e. The van der Waals surface area contributed by atoms with E-state index >= 15 is 0 Å². The third kappa shape index (κ3) is 4.12. The lowest BCUT2D eigenvalue weighted by atomic mass is 9.78. The van der Waals surface area contributed by atoms with Crippen LogP contribution in [0.15, 0.2) is 0 Å². The van der Waals surface area contributed by atoms with Gasteiger partial charge in [-0.25, -0.2) is 0 Å². The summed E-state index contributed by atoms with van der Waals surface area (Å²) in [5, 5.41) is 12.5.